The van der Waals surface area contributed by atoms with Crippen molar-refractivity contribution >= 4 is 22.9 Å². The van der Waals surface area contributed by atoms with E-state index in [-0.39, 0.29) is 0 Å². The number of aromatic nitrogens is 1. The van der Waals surface area contributed by atoms with Gasteiger partial charge >= 0.3 is 0 Å². The molecule has 0 bridgehead atoms. The normalized spacial score (nSPS) is 13.9. The van der Waals surface area contributed by atoms with Crippen LogP contribution in [0.25, 0.3) is 0 Å². The smallest absolute Gasteiger partial charge is 0.142 e. The minimum absolute atomic E-state index is 0.646. The molecule has 2 aromatic heterocycles. The topological polar surface area (TPSA) is 33.1 Å². The van der Waals surface area contributed by atoms with Crippen molar-refractivity contribution in [3.63, 3.8) is 0 Å². The lowest BCUT2D eigenvalue weighted by Crippen LogP contribution is -2.28. The van der Waals surface area contributed by atoms with E-state index in [1.165, 1.54) is 0 Å². The van der Waals surface area contributed by atoms with E-state index in [2.05, 4.69) is 4.98 Å². The fourth-order valence-corrected chi connectivity index (χ4v) is 3.06. The van der Waals surface area contributed by atoms with Crippen LogP contribution < -0.4 is 0 Å². The largest absolute Gasteiger partial charge is 0.376 e. The van der Waals surface area contributed by atoms with Crippen LogP contribution in [0.2, 0.25) is 5.02 Å². The molecule has 0 aliphatic rings. The third kappa shape index (κ3) is 2.24. The third-order valence-electron chi connectivity index (χ3n) is 3.28. The van der Waals surface area contributed by atoms with Gasteiger partial charge in [0.25, 0.3) is 0 Å². The molecule has 1 atom stereocenters. The van der Waals surface area contributed by atoms with Crippen molar-refractivity contribution in [2.75, 3.05) is 0 Å². The zero-order valence-corrected chi connectivity index (χ0v) is 12.1. The summed E-state index contributed by atoms with van der Waals surface area (Å²) >= 11 is 7.49. The zero-order chi connectivity index (χ0) is 14.0. The number of thiophene rings is 1. The van der Waals surface area contributed by atoms with Crippen LogP contribution in [0, 0.1) is 0 Å². The molecule has 3 rings (SSSR count). The third-order valence-corrected chi connectivity index (χ3v) is 4.22. The summed E-state index contributed by atoms with van der Waals surface area (Å²) in [5, 5.41) is 15.9. The van der Waals surface area contributed by atoms with Crippen LogP contribution in [0.1, 0.15) is 16.7 Å². The molecule has 0 amide bonds. The van der Waals surface area contributed by atoms with Crippen molar-refractivity contribution in [1.82, 2.24) is 4.98 Å². The molecule has 0 aliphatic heterocycles. The van der Waals surface area contributed by atoms with Gasteiger partial charge in [0, 0.05) is 28.5 Å². The van der Waals surface area contributed by atoms with Crippen LogP contribution in [0.15, 0.2) is 65.6 Å². The molecule has 3 aromatic rings. The van der Waals surface area contributed by atoms with Gasteiger partial charge in [-0.2, -0.15) is 11.3 Å². The minimum Gasteiger partial charge on any atom is -0.376 e. The van der Waals surface area contributed by atoms with Gasteiger partial charge in [-0.15, -0.1) is 0 Å². The molecule has 0 saturated heterocycles. The van der Waals surface area contributed by atoms with Crippen LogP contribution >= 0.6 is 22.9 Å². The molecule has 4 heteroatoms. The van der Waals surface area contributed by atoms with Crippen LogP contribution in [0.4, 0.5) is 0 Å². The molecule has 2 nitrogen and oxygen atoms in total. The van der Waals surface area contributed by atoms with Gasteiger partial charge in [-0.05, 0) is 40.6 Å². The number of nitrogens with zero attached hydrogens (tertiary/aromatic N) is 1. The van der Waals surface area contributed by atoms with E-state index in [0.717, 1.165) is 16.7 Å². The fraction of sp³-hybridized carbons (Fsp3) is 0.0625. The van der Waals surface area contributed by atoms with E-state index >= 15 is 0 Å². The summed E-state index contributed by atoms with van der Waals surface area (Å²) < 4.78 is 0. The molecular formula is C16H12ClNOS. The van der Waals surface area contributed by atoms with Crippen LogP contribution in [-0.2, 0) is 5.60 Å². The molecule has 1 unspecified atom stereocenters. The van der Waals surface area contributed by atoms with E-state index in [1.807, 2.05) is 41.1 Å². The summed E-state index contributed by atoms with van der Waals surface area (Å²) in [6.07, 6.45) is 3.38. The number of rotatable bonds is 3. The van der Waals surface area contributed by atoms with Gasteiger partial charge in [-0.3, -0.25) is 4.98 Å². The van der Waals surface area contributed by atoms with Crippen LogP contribution in [-0.4, -0.2) is 10.1 Å². The molecule has 1 N–H and O–H groups in total. The summed E-state index contributed by atoms with van der Waals surface area (Å²) in [6, 6.07) is 12.9. The second kappa shape index (κ2) is 5.37. The lowest BCUT2D eigenvalue weighted by atomic mass is 9.82. The zero-order valence-electron chi connectivity index (χ0n) is 10.5. The lowest BCUT2D eigenvalue weighted by molar-refractivity contribution is 0.126. The minimum atomic E-state index is -1.21. The highest BCUT2D eigenvalue weighted by Crippen LogP contribution is 2.37. The van der Waals surface area contributed by atoms with Crippen LogP contribution in [0.3, 0.4) is 0 Å². The Bertz CT molecular complexity index is 682. The predicted molar refractivity (Wildman–Crippen MR) is 82.1 cm³/mol. The Morgan fingerprint density at radius 1 is 1.00 bits per heavy atom. The molecule has 0 fully saturated rings. The van der Waals surface area contributed by atoms with E-state index in [4.69, 9.17) is 11.6 Å². The maximum absolute atomic E-state index is 11.3. The molecule has 0 saturated carbocycles. The summed E-state index contributed by atoms with van der Waals surface area (Å²) in [4.78, 5) is 4.12. The highest BCUT2D eigenvalue weighted by molar-refractivity contribution is 7.08. The van der Waals surface area contributed by atoms with Gasteiger partial charge in [-0.25, -0.2) is 0 Å². The van der Waals surface area contributed by atoms with Crippen molar-refractivity contribution < 1.29 is 5.11 Å². The van der Waals surface area contributed by atoms with E-state index < -0.39 is 5.60 Å². The van der Waals surface area contributed by atoms with E-state index in [9.17, 15) is 5.11 Å². The first-order valence-electron chi connectivity index (χ1n) is 6.13. The molecule has 2 heterocycles. The Labute approximate surface area is 126 Å². The molecule has 20 heavy (non-hydrogen) atoms. The number of benzene rings is 1. The monoisotopic (exact) mass is 301 g/mol. The highest BCUT2D eigenvalue weighted by Gasteiger charge is 2.34. The number of hydrogen-bond acceptors (Lipinski definition) is 3. The number of hydrogen-bond donors (Lipinski definition) is 1. The Morgan fingerprint density at radius 2 is 1.80 bits per heavy atom. The Morgan fingerprint density at radius 3 is 2.40 bits per heavy atom. The Kier molecular flexibility index (Phi) is 3.57. The second-order valence-electron chi connectivity index (χ2n) is 4.47. The van der Waals surface area contributed by atoms with Crippen LogP contribution in [0.5, 0.6) is 0 Å². The first-order valence-corrected chi connectivity index (χ1v) is 7.45. The molecule has 100 valence electrons. The van der Waals surface area contributed by atoms with Crippen molar-refractivity contribution in [2.24, 2.45) is 0 Å². The number of halogens is 1. The van der Waals surface area contributed by atoms with E-state index in [0.29, 0.717) is 5.02 Å². The number of aliphatic hydroxyl groups is 1. The van der Waals surface area contributed by atoms with Gasteiger partial charge in [0.05, 0.1) is 0 Å². The van der Waals surface area contributed by atoms with Gasteiger partial charge in [-0.1, -0.05) is 29.8 Å². The maximum atomic E-state index is 11.3. The molecule has 1 aromatic carbocycles. The van der Waals surface area contributed by atoms with E-state index in [1.54, 1.807) is 35.9 Å². The summed E-state index contributed by atoms with van der Waals surface area (Å²) in [5.41, 5.74) is 1.13. The Balaban J connectivity index is 2.21. The first kappa shape index (κ1) is 13.3. The van der Waals surface area contributed by atoms with Crippen molar-refractivity contribution in [3.05, 3.63) is 87.3 Å². The molecule has 0 radical (unpaired) electrons. The summed E-state index contributed by atoms with van der Waals surface area (Å²) in [6.45, 7) is 0. The molecular weight excluding hydrogens is 290 g/mol. The first-order chi connectivity index (χ1) is 9.71. The summed E-state index contributed by atoms with van der Waals surface area (Å²) in [5.74, 6) is 0. The average molecular weight is 302 g/mol. The van der Waals surface area contributed by atoms with Gasteiger partial charge in [0.2, 0.25) is 0 Å². The lowest BCUT2D eigenvalue weighted by Gasteiger charge is -2.28. The predicted octanol–water partition coefficient (Wildman–Crippen LogP) is 4.08. The number of pyridine rings is 1. The van der Waals surface area contributed by atoms with Gasteiger partial charge in [0.1, 0.15) is 5.60 Å². The van der Waals surface area contributed by atoms with Gasteiger partial charge < -0.3 is 5.11 Å². The highest BCUT2D eigenvalue weighted by atomic mass is 35.5. The fourth-order valence-electron chi connectivity index (χ4n) is 2.24. The standard InChI is InChI=1S/C16H12ClNOS/c17-15-5-3-12(4-6-15)16(19,14-7-9-20-11-14)13-2-1-8-18-10-13/h1-11,19H. The van der Waals surface area contributed by atoms with Gasteiger partial charge in [0.15, 0.2) is 0 Å². The van der Waals surface area contributed by atoms with Crippen molar-refractivity contribution in [3.8, 4) is 0 Å². The molecule has 0 aliphatic carbocycles. The maximum Gasteiger partial charge on any atom is 0.142 e. The molecule has 0 spiro atoms. The second-order valence-corrected chi connectivity index (χ2v) is 5.69. The Hall–Kier alpha value is -1.68. The average Bonchev–Trinajstić information content (AvgIpc) is 3.03. The van der Waals surface area contributed by atoms with Crippen molar-refractivity contribution in [2.45, 2.75) is 5.60 Å². The SMILES string of the molecule is OC(c1ccc(Cl)cc1)(c1cccnc1)c1ccsc1. The summed E-state index contributed by atoms with van der Waals surface area (Å²) in [7, 11) is 0. The quantitative estimate of drug-likeness (QED) is 0.790. The van der Waals surface area contributed by atoms with Crippen molar-refractivity contribution in [1.29, 1.82) is 0 Å².